The fraction of sp³-hybridized carbons (Fsp3) is 0.625. The van der Waals surface area contributed by atoms with Crippen LogP contribution in [0.5, 0.6) is 5.75 Å². The smallest absolute Gasteiger partial charge is 0.120 e. The second-order valence-electron chi connectivity index (χ2n) is 5.36. The molecule has 0 unspecified atom stereocenters. The summed E-state index contributed by atoms with van der Waals surface area (Å²) in [5.41, 5.74) is 1.10. The topological polar surface area (TPSA) is 35.5 Å². The zero-order chi connectivity index (χ0) is 13.5. The largest absolute Gasteiger partial charge is 0.508 e. The summed E-state index contributed by atoms with van der Waals surface area (Å²) >= 11 is 0. The van der Waals surface area contributed by atoms with Gasteiger partial charge in [-0.1, -0.05) is 44.4 Å². The lowest BCUT2D eigenvalue weighted by molar-refractivity contribution is 0.160. The number of rotatable bonds is 6. The van der Waals surface area contributed by atoms with Crippen molar-refractivity contribution in [1.29, 1.82) is 0 Å². The van der Waals surface area contributed by atoms with Gasteiger partial charge < -0.3 is 10.4 Å². The highest BCUT2D eigenvalue weighted by Crippen LogP contribution is 2.32. The standard InChI is InChI=1S/C16H26N2O/c1-2-3-4-8-15(18-12-10-17-11-13-18)14-7-5-6-9-16(14)19/h5-7,9,15,17,19H,2-4,8,10-13H2,1H3/t15-/m1/s1. The van der Waals surface area contributed by atoms with Gasteiger partial charge in [0.15, 0.2) is 0 Å². The van der Waals surface area contributed by atoms with Gasteiger partial charge in [0.2, 0.25) is 0 Å². The Labute approximate surface area is 116 Å². The molecular weight excluding hydrogens is 236 g/mol. The molecule has 1 saturated heterocycles. The van der Waals surface area contributed by atoms with E-state index in [1.807, 2.05) is 18.2 Å². The van der Waals surface area contributed by atoms with E-state index in [9.17, 15) is 5.11 Å². The van der Waals surface area contributed by atoms with Gasteiger partial charge in [-0.15, -0.1) is 0 Å². The van der Waals surface area contributed by atoms with Gasteiger partial charge in [-0.2, -0.15) is 0 Å². The summed E-state index contributed by atoms with van der Waals surface area (Å²) in [7, 11) is 0. The van der Waals surface area contributed by atoms with Crippen LogP contribution in [-0.4, -0.2) is 36.2 Å². The van der Waals surface area contributed by atoms with Gasteiger partial charge in [-0.3, -0.25) is 4.90 Å². The second kappa shape index (κ2) is 7.51. The Morgan fingerprint density at radius 3 is 2.63 bits per heavy atom. The van der Waals surface area contributed by atoms with Crippen molar-refractivity contribution in [1.82, 2.24) is 10.2 Å². The number of phenols is 1. The van der Waals surface area contributed by atoms with Crippen LogP contribution in [0.3, 0.4) is 0 Å². The lowest BCUT2D eigenvalue weighted by Crippen LogP contribution is -2.45. The fourth-order valence-electron chi connectivity index (χ4n) is 2.89. The molecule has 1 aliphatic rings. The normalized spacial score (nSPS) is 18.4. The Morgan fingerprint density at radius 2 is 1.95 bits per heavy atom. The Hall–Kier alpha value is -1.06. The minimum Gasteiger partial charge on any atom is -0.508 e. The quantitative estimate of drug-likeness (QED) is 0.774. The molecule has 1 heterocycles. The first-order valence-electron chi connectivity index (χ1n) is 7.55. The van der Waals surface area contributed by atoms with Crippen LogP contribution in [0.1, 0.15) is 44.2 Å². The molecule has 19 heavy (non-hydrogen) atoms. The molecule has 0 amide bonds. The molecule has 2 rings (SSSR count). The van der Waals surface area contributed by atoms with Gasteiger partial charge >= 0.3 is 0 Å². The number of hydrogen-bond donors (Lipinski definition) is 2. The van der Waals surface area contributed by atoms with E-state index in [-0.39, 0.29) is 0 Å². The summed E-state index contributed by atoms with van der Waals surface area (Å²) in [6, 6.07) is 8.19. The van der Waals surface area contributed by atoms with Gasteiger partial charge in [0.05, 0.1) is 0 Å². The van der Waals surface area contributed by atoms with E-state index in [1.165, 1.54) is 19.3 Å². The first kappa shape index (κ1) is 14.4. The maximum atomic E-state index is 10.1. The predicted octanol–water partition coefficient (Wildman–Crippen LogP) is 2.92. The third-order valence-electron chi connectivity index (χ3n) is 3.97. The average molecular weight is 262 g/mol. The Bertz CT molecular complexity index is 375. The van der Waals surface area contributed by atoms with Crippen LogP contribution in [0.25, 0.3) is 0 Å². The van der Waals surface area contributed by atoms with Crippen molar-refractivity contribution in [3.05, 3.63) is 29.8 Å². The first-order valence-corrected chi connectivity index (χ1v) is 7.55. The van der Waals surface area contributed by atoms with Crippen molar-refractivity contribution in [2.45, 2.75) is 38.6 Å². The molecule has 0 saturated carbocycles. The minimum absolute atomic E-state index is 0.370. The van der Waals surface area contributed by atoms with Crippen molar-refractivity contribution in [2.75, 3.05) is 26.2 Å². The molecule has 106 valence electrons. The van der Waals surface area contributed by atoms with Crippen molar-refractivity contribution in [3.63, 3.8) is 0 Å². The third kappa shape index (κ3) is 3.95. The van der Waals surface area contributed by atoms with Crippen LogP contribution in [-0.2, 0) is 0 Å². The maximum absolute atomic E-state index is 10.1. The van der Waals surface area contributed by atoms with Crippen LogP contribution in [0.4, 0.5) is 0 Å². The first-order chi connectivity index (χ1) is 9.33. The second-order valence-corrected chi connectivity index (χ2v) is 5.36. The molecule has 3 nitrogen and oxygen atoms in total. The molecule has 2 N–H and O–H groups in total. The molecule has 1 aromatic rings. The number of phenolic OH excluding ortho intramolecular Hbond substituents is 1. The van der Waals surface area contributed by atoms with E-state index in [4.69, 9.17) is 0 Å². The number of piperazine rings is 1. The molecule has 1 aliphatic heterocycles. The van der Waals surface area contributed by atoms with Crippen molar-refractivity contribution in [3.8, 4) is 5.75 Å². The van der Waals surface area contributed by atoms with Gasteiger partial charge in [-0.05, 0) is 12.5 Å². The molecule has 3 heteroatoms. The number of benzene rings is 1. The number of para-hydroxylation sites is 1. The lowest BCUT2D eigenvalue weighted by atomic mass is 9.97. The monoisotopic (exact) mass is 262 g/mol. The third-order valence-corrected chi connectivity index (χ3v) is 3.97. The molecule has 1 aromatic carbocycles. The van der Waals surface area contributed by atoms with Crippen LogP contribution in [0, 0.1) is 0 Å². The summed E-state index contributed by atoms with van der Waals surface area (Å²) in [4.78, 5) is 2.52. The molecule has 0 aliphatic carbocycles. The van der Waals surface area contributed by atoms with Crippen LogP contribution in [0.2, 0.25) is 0 Å². The number of nitrogens with zero attached hydrogens (tertiary/aromatic N) is 1. The van der Waals surface area contributed by atoms with Crippen molar-refractivity contribution >= 4 is 0 Å². The minimum atomic E-state index is 0.370. The Kier molecular flexibility index (Phi) is 5.67. The highest BCUT2D eigenvalue weighted by molar-refractivity contribution is 5.34. The van der Waals surface area contributed by atoms with Crippen LogP contribution < -0.4 is 5.32 Å². The number of nitrogens with one attached hydrogen (secondary N) is 1. The SMILES string of the molecule is CCCCC[C@H](c1ccccc1O)N1CCNCC1. The van der Waals surface area contributed by atoms with Gasteiger partial charge in [0, 0.05) is 37.8 Å². The van der Waals surface area contributed by atoms with Crippen LogP contribution >= 0.6 is 0 Å². The Morgan fingerprint density at radius 1 is 1.21 bits per heavy atom. The zero-order valence-corrected chi connectivity index (χ0v) is 11.9. The summed E-state index contributed by atoms with van der Waals surface area (Å²) < 4.78 is 0. The van der Waals surface area contributed by atoms with Gasteiger partial charge in [-0.25, -0.2) is 0 Å². The number of aromatic hydroxyl groups is 1. The van der Waals surface area contributed by atoms with E-state index >= 15 is 0 Å². The van der Waals surface area contributed by atoms with Gasteiger partial charge in [0.1, 0.15) is 5.75 Å². The van der Waals surface area contributed by atoms with Crippen LogP contribution in [0.15, 0.2) is 24.3 Å². The molecule has 0 aromatic heterocycles. The van der Waals surface area contributed by atoms with E-state index in [1.54, 1.807) is 0 Å². The summed E-state index contributed by atoms with van der Waals surface area (Å²) in [6.07, 6.45) is 4.90. The molecule has 1 atom stereocenters. The molecule has 0 bridgehead atoms. The van der Waals surface area contributed by atoms with E-state index in [2.05, 4.69) is 23.2 Å². The molecular formula is C16H26N2O. The number of hydrogen-bond acceptors (Lipinski definition) is 3. The van der Waals surface area contributed by atoms with E-state index in [0.717, 1.165) is 38.2 Å². The number of unbranched alkanes of at least 4 members (excludes halogenated alkanes) is 2. The lowest BCUT2D eigenvalue weighted by Gasteiger charge is -2.35. The van der Waals surface area contributed by atoms with Crippen molar-refractivity contribution < 1.29 is 5.11 Å². The fourth-order valence-corrected chi connectivity index (χ4v) is 2.89. The highest BCUT2D eigenvalue weighted by Gasteiger charge is 2.23. The average Bonchev–Trinajstić information content (AvgIpc) is 2.46. The summed E-state index contributed by atoms with van der Waals surface area (Å²) in [5.74, 6) is 0.447. The van der Waals surface area contributed by atoms with E-state index < -0.39 is 0 Å². The maximum Gasteiger partial charge on any atom is 0.120 e. The highest BCUT2D eigenvalue weighted by atomic mass is 16.3. The molecule has 0 spiro atoms. The predicted molar refractivity (Wildman–Crippen MR) is 79.4 cm³/mol. The molecule has 0 radical (unpaired) electrons. The molecule has 1 fully saturated rings. The van der Waals surface area contributed by atoms with Crippen molar-refractivity contribution in [2.24, 2.45) is 0 Å². The summed E-state index contributed by atoms with van der Waals surface area (Å²) in [5, 5.41) is 13.5. The zero-order valence-electron chi connectivity index (χ0n) is 11.9. The van der Waals surface area contributed by atoms with E-state index in [0.29, 0.717) is 11.8 Å². The van der Waals surface area contributed by atoms with Gasteiger partial charge in [0.25, 0.3) is 0 Å². The Balaban J connectivity index is 2.10. The summed E-state index contributed by atoms with van der Waals surface area (Å²) in [6.45, 7) is 6.49.